The first-order valence-electron chi connectivity index (χ1n) is 5.27. The average Bonchev–Trinajstić information content (AvgIpc) is 2.61. The van der Waals surface area contributed by atoms with Crippen LogP contribution in [0.2, 0.25) is 0 Å². The molecule has 15 heavy (non-hydrogen) atoms. The van der Waals surface area contributed by atoms with Gasteiger partial charge in [-0.2, -0.15) is 0 Å². The second-order valence-corrected chi connectivity index (χ2v) is 6.75. The Morgan fingerprint density at radius 3 is 3.07 bits per heavy atom. The van der Waals surface area contributed by atoms with E-state index in [0.717, 1.165) is 15.3 Å². The van der Waals surface area contributed by atoms with Crippen LogP contribution in [0.5, 0.6) is 0 Å². The Bertz CT molecular complexity index is 416. The molecular weight excluding hydrogens is 274 g/mol. The fraction of sp³-hybridized carbons (Fsp3) is 0.545. The minimum atomic E-state index is 0.0903. The van der Waals surface area contributed by atoms with E-state index in [1.54, 1.807) is 11.3 Å². The Labute approximate surface area is 101 Å². The summed E-state index contributed by atoms with van der Waals surface area (Å²) in [5, 5.41) is 5.15. The van der Waals surface area contributed by atoms with E-state index >= 15 is 0 Å². The molecular formula is C11H12BrNOS. The molecule has 1 aromatic rings. The summed E-state index contributed by atoms with van der Waals surface area (Å²) in [6, 6.07) is 1.88. The molecule has 0 aromatic carbocycles. The van der Waals surface area contributed by atoms with Crippen LogP contribution in [0.4, 0.5) is 0 Å². The van der Waals surface area contributed by atoms with Crippen molar-refractivity contribution in [3.05, 3.63) is 20.8 Å². The number of carbonyl (C=O) groups excluding carboxylic acids is 1. The van der Waals surface area contributed by atoms with Gasteiger partial charge in [-0.15, -0.1) is 11.3 Å². The standard InChI is InChI=1S/C11H12BrNOS/c12-9-8(3-5-15-9)10(14)13-11-4-1-2-7(11)6-11/h3,5,7H,1-2,4,6H2,(H,13,14). The zero-order valence-corrected chi connectivity index (χ0v) is 10.7. The lowest BCUT2D eigenvalue weighted by atomic mass is 10.2. The summed E-state index contributed by atoms with van der Waals surface area (Å²) in [4.78, 5) is 12.0. The van der Waals surface area contributed by atoms with Crippen LogP contribution in [0.15, 0.2) is 15.2 Å². The highest BCUT2D eigenvalue weighted by Gasteiger charge is 2.57. The Morgan fingerprint density at radius 1 is 1.67 bits per heavy atom. The lowest BCUT2D eigenvalue weighted by Crippen LogP contribution is -2.36. The van der Waals surface area contributed by atoms with E-state index in [1.165, 1.54) is 25.7 Å². The summed E-state index contributed by atoms with van der Waals surface area (Å²) >= 11 is 4.96. The number of hydrogen-bond donors (Lipinski definition) is 1. The van der Waals surface area contributed by atoms with Gasteiger partial charge in [0.2, 0.25) is 0 Å². The summed E-state index contributed by atoms with van der Waals surface area (Å²) < 4.78 is 0.937. The van der Waals surface area contributed by atoms with Crippen LogP contribution in [0.25, 0.3) is 0 Å². The van der Waals surface area contributed by atoms with Gasteiger partial charge < -0.3 is 5.32 Å². The molecule has 3 rings (SSSR count). The van der Waals surface area contributed by atoms with Crippen LogP contribution in [-0.4, -0.2) is 11.4 Å². The smallest absolute Gasteiger partial charge is 0.253 e. The minimum Gasteiger partial charge on any atom is -0.346 e. The van der Waals surface area contributed by atoms with Gasteiger partial charge in [-0.05, 0) is 52.6 Å². The van der Waals surface area contributed by atoms with Crippen LogP contribution in [-0.2, 0) is 0 Å². The highest BCUT2D eigenvalue weighted by Crippen LogP contribution is 2.55. The number of amides is 1. The van der Waals surface area contributed by atoms with Crippen molar-refractivity contribution in [1.29, 1.82) is 0 Å². The van der Waals surface area contributed by atoms with Gasteiger partial charge in [0.15, 0.2) is 0 Å². The quantitative estimate of drug-likeness (QED) is 0.889. The Kier molecular flexibility index (Phi) is 2.18. The Morgan fingerprint density at radius 2 is 2.53 bits per heavy atom. The predicted octanol–water partition coefficient (Wildman–Crippen LogP) is 3.18. The minimum absolute atomic E-state index is 0.0903. The van der Waals surface area contributed by atoms with Crippen molar-refractivity contribution in [2.24, 2.45) is 5.92 Å². The van der Waals surface area contributed by atoms with Crippen molar-refractivity contribution < 1.29 is 4.79 Å². The summed E-state index contributed by atoms with van der Waals surface area (Å²) in [5.74, 6) is 0.853. The SMILES string of the molecule is O=C(NC12CCCC1C2)c1ccsc1Br. The lowest BCUT2D eigenvalue weighted by Gasteiger charge is -2.14. The second-order valence-electron chi connectivity index (χ2n) is 4.51. The van der Waals surface area contributed by atoms with E-state index < -0.39 is 0 Å². The van der Waals surface area contributed by atoms with Gasteiger partial charge in [-0.25, -0.2) is 0 Å². The second kappa shape index (κ2) is 3.32. The summed E-state index contributed by atoms with van der Waals surface area (Å²) in [6.07, 6.45) is 4.94. The molecule has 2 nitrogen and oxygen atoms in total. The van der Waals surface area contributed by atoms with Crippen LogP contribution in [0.3, 0.4) is 0 Å². The monoisotopic (exact) mass is 285 g/mol. The molecule has 0 bridgehead atoms. The van der Waals surface area contributed by atoms with Crippen molar-refractivity contribution in [2.45, 2.75) is 31.2 Å². The molecule has 2 aliphatic rings. The van der Waals surface area contributed by atoms with Crippen LogP contribution >= 0.6 is 27.3 Å². The normalized spacial score (nSPS) is 32.5. The maximum absolute atomic E-state index is 12.0. The molecule has 2 saturated carbocycles. The molecule has 2 atom stereocenters. The molecule has 1 N–H and O–H groups in total. The fourth-order valence-corrected chi connectivity index (χ4v) is 3.94. The van der Waals surface area contributed by atoms with E-state index in [1.807, 2.05) is 11.4 Å². The number of halogens is 1. The van der Waals surface area contributed by atoms with Crippen molar-refractivity contribution in [3.8, 4) is 0 Å². The maximum Gasteiger partial charge on any atom is 0.253 e. The number of carbonyl (C=O) groups is 1. The van der Waals surface area contributed by atoms with Gasteiger partial charge >= 0.3 is 0 Å². The summed E-state index contributed by atoms with van der Waals surface area (Å²) in [7, 11) is 0. The van der Waals surface area contributed by atoms with Gasteiger partial charge in [-0.3, -0.25) is 4.79 Å². The molecule has 80 valence electrons. The number of thiophene rings is 1. The van der Waals surface area contributed by atoms with Crippen LogP contribution in [0.1, 0.15) is 36.0 Å². The molecule has 0 saturated heterocycles. The molecule has 2 aliphatic carbocycles. The first-order valence-corrected chi connectivity index (χ1v) is 6.94. The third-order valence-electron chi connectivity index (χ3n) is 3.63. The third kappa shape index (κ3) is 1.54. The highest BCUT2D eigenvalue weighted by molar-refractivity contribution is 9.11. The van der Waals surface area contributed by atoms with Crippen molar-refractivity contribution in [3.63, 3.8) is 0 Å². The van der Waals surface area contributed by atoms with Crippen molar-refractivity contribution >= 4 is 33.2 Å². The van der Waals surface area contributed by atoms with Gasteiger partial charge in [-0.1, -0.05) is 6.42 Å². The van der Waals surface area contributed by atoms with Gasteiger partial charge in [0.25, 0.3) is 5.91 Å². The molecule has 4 heteroatoms. The first kappa shape index (κ1) is 9.85. The van der Waals surface area contributed by atoms with Gasteiger partial charge in [0, 0.05) is 5.54 Å². The zero-order chi connectivity index (χ0) is 10.5. The first-order chi connectivity index (χ1) is 7.21. The number of hydrogen-bond acceptors (Lipinski definition) is 2. The van der Waals surface area contributed by atoms with E-state index in [2.05, 4.69) is 21.2 Å². The van der Waals surface area contributed by atoms with E-state index in [0.29, 0.717) is 0 Å². The summed E-state index contributed by atoms with van der Waals surface area (Å²) in [6.45, 7) is 0. The number of fused-ring (bicyclic) bond motifs is 1. The van der Waals surface area contributed by atoms with Crippen LogP contribution < -0.4 is 5.32 Å². The largest absolute Gasteiger partial charge is 0.346 e. The molecule has 1 amide bonds. The lowest BCUT2D eigenvalue weighted by molar-refractivity contribution is 0.0929. The molecule has 1 aromatic heterocycles. The maximum atomic E-state index is 12.0. The van der Waals surface area contributed by atoms with E-state index in [4.69, 9.17) is 0 Å². The zero-order valence-electron chi connectivity index (χ0n) is 8.25. The molecule has 0 radical (unpaired) electrons. The van der Waals surface area contributed by atoms with Crippen molar-refractivity contribution in [2.75, 3.05) is 0 Å². The highest BCUT2D eigenvalue weighted by atomic mass is 79.9. The topological polar surface area (TPSA) is 29.1 Å². The predicted molar refractivity (Wildman–Crippen MR) is 64.2 cm³/mol. The fourth-order valence-electron chi connectivity index (χ4n) is 2.69. The average molecular weight is 286 g/mol. The number of nitrogens with one attached hydrogen (secondary N) is 1. The number of rotatable bonds is 2. The molecule has 2 unspecified atom stereocenters. The van der Waals surface area contributed by atoms with Crippen molar-refractivity contribution in [1.82, 2.24) is 5.32 Å². The molecule has 0 spiro atoms. The van der Waals surface area contributed by atoms with E-state index in [9.17, 15) is 4.79 Å². The molecule has 0 aliphatic heterocycles. The third-order valence-corrected chi connectivity index (χ3v) is 5.32. The summed E-state index contributed by atoms with van der Waals surface area (Å²) in [5.41, 5.74) is 0.963. The van der Waals surface area contributed by atoms with Gasteiger partial charge in [0.05, 0.1) is 9.35 Å². The van der Waals surface area contributed by atoms with Gasteiger partial charge in [0.1, 0.15) is 0 Å². The molecule has 2 fully saturated rings. The Hall–Kier alpha value is -0.350. The van der Waals surface area contributed by atoms with E-state index in [-0.39, 0.29) is 11.4 Å². The Balaban J connectivity index is 1.75. The molecule has 1 heterocycles. The van der Waals surface area contributed by atoms with Crippen LogP contribution in [0, 0.1) is 5.92 Å².